The van der Waals surface area contributed by atoms with Crippen LogP contribution >= 0.6 is 11.8 Å². The van der Waals surface area contributed by atoms with E-state index in [1.54, 1.807) is 0 Å². The lowest BCUT2D eigenvalue weighted by Crippen LogP contribution is -2.32. The molecule has 0 unspecified atom stereocenters. The zero-order valence-electron chi connectivity index (χ0n) is 20.5. The largest absolute Gasteiger partial charge is 0.379 e. The van der Waals surface area contributed by atoms with E-state index in [0.29, 0.717) is 49.0 Å². The van der Waals surface area contributed by atoms with Gasteiger partial charge in [0.05, 0.1) is 19.8 Å². The molecule has 2 bridgehead atoms. The Morgan fingerprint density at radius 2 is 1.47 bits per heavy atom. The first kappa shape index (κ1) is 26.0. The highest BCUT2D eigenvalue weighted by Gasteiger charge is 2.54. The number of nitrogens with one attached hydrogen (secondary N) is 1. The van der Waals surface area contributed by atoms with Gasteiger partial charge in [0.1, 0.15) is 0 Å². The Bertz CT molecular complexity index is 527. The zero-order chi connectivity index (χ0) is 22.3. The fraction of sp³-hybridized carbons (Fsp3) is 0.960. The van der Waals surface area contributed by atoms with Crippen LogP contribution in [-0.2, 0) is 14.3 Å². The van der Waals surface area contributed by atoms with Gasteiger partial charge in [-0.25, -0.2) is 0 Å². The molecular weight excluding hydrogens is 394 g/mol. The lowest BCUT2D eigenvalue weighted by atomic mass is 9.80. The third-order valence-corrected chi connectivity index (χ3v) is 8.42. The summed E-state index contributed by atoms with van der Waals surface area (Å²) >= 11 is 2.13. The van der Waals surface area contributed by atoms with Crippen molar-refractivity contribution in [3.63, 3.8) is 0 Å². The molecule has 5 heteroatoms. The summed E-state index contributed by atoms with van der Waals surface area (Å²) in [4.78, 5) is 12.5. The Balaban J connectivity index is 1.54. The van der Waals surface area contributed by atoms with E-state index < -0.39 is 0 Å². The van der Waals surface area contributed by atoms with Crippen LogP contribution in [0.3, 0.4) is 0 Å². The number of hydrogen-bond acceptors (Lipinski definition) is 4. The Hall–Kier alpha value is -0.260. The molecule has 0 heterocycles. The third kappa shape index (κ3) is 9.48. The maximum atomic E-state index is 12.5. The van der Waals surface area contributed by atoms with Crippen molar-refractivity contribution in [1.82, 2.24) is 5.32 Å². The zero-order valence-corrected chi connectivity index (χ0v) is 21.3. The van der Waals surface area contributed by atoms with Crippen molar-refractivity contribution in [2.45, 2.75) is 86.5 Å². The highest BCUT2D eigenvalue weighted by atomic mass is 32.2. The van der Waals surface area contributed by atoms with Gasteiger partial charge >= 0.3 is 0 Å². The number of rotatable bonds is 13. The highest BCUT2D eigenvalue weighted by Crippen LogP contribution is 2.63. The third-order valence-electron chi connectivity index (χ3n) is 6.54. The average Bonchev–Trinajstić information content (AvgIpc) is 3.13. The molecule has 2 aliphatic carbocycles. The minimum atomic E-state index is 0.208. The van der Waals surface area contributed by atoms with Gasteiger partial charge in [0, 0.05) is 19.6 Å². The lowest BCUT2D eigenvalue weighted by molar-refractivity contribution is -0.123. The van der Waals surface area contributed by atoms with E-state index in [9.17, 15) is 4.79 Å². The molecule has 1 N–H and O–H groups in total. The van der Waals surface area contributed by atoms with Crippen LogP contribution in [0, 0.1) is 21.7 Å². The maximum Gasteiger partial charge on any atom is 0.220 e. The molecule has 176 valence electrons. The minimum absolute atomic E-state index is 0.208. The Kier molecular flexibility index (Phi) is 9.57. The fourth-order valence-electron chi connectivity index (χ4n) is 4.83. The average molecular weight is 442 g/mol. The topological polar surface area (TPSA) is 47.6 Å². The predicted molar refractivity (Wildman–Crippen MR) is 128 cm³/mol. The normalized spacial score (nSPS) is 26.3. The van der Waals surface area contributed by atoms with Gasteiger partial charge in [0.15, 0.2) is 0 Å². The molecule has 0 atom stereocenters. The standard InChI is InChI=1S/C25H47NO3S/c1-22(2,3)11-13-28-15-16-29-14-12-26-21(27)17-24-7-9-25(18-24,10-8-24)20-30-19-23(4,5)6/h7-20H2,1-6H3,(H,26,27). The number of amides is 1. The second-order valence-electron chi connectivity index (χ2n) is 12.3. The molecule has 0 aromatic heterocycles. The molecule has 0 aromatic rings. The molecule has 1 amide bonds. The van der Waals surface area contributed by atoms with Crippen molar-refractivity contribution in [2.75, 3.05) is 44.5 Å². The molecule has 30 heavy (non-hydrogen) atoms. The quantitative estimate of drug-likeness (QED) is 0.373. The summed E-state index contributed by atoms with van der Waals surface area (Å²) in [7, 11) is 0. The van der Waals surface area contributed by atoms with Crippen LogP contribution in [0.2, 0.25) is 0 Å². The first-order chi connectivity index (χ1) is 13.9. The molecule has 0 radical (unpaired) electrons. The van der Waals surface area contributed by atoms with Gasteiger partial charge in [-0.05, 0) is 71.7 Å². The van der Waals surface area contributed by atoms with Crippen LogP contribution in [-0.4, -0.2) is 50.4 Å². The molecular formula is C25H47NO3S. The molecule has 0 spiro atoms. The van der Waals surface area contributed by atoms with Crippen molar-refractivity contribution in [2.24, 2.45) is 21.7 Å². The molecule has 4 nitrogen and oxygen atoms in total. The number of thioether (sulfide) groups is 1. The van der Waals surface area contributed by atoms with Crippen molar-refractivity contribution >= 4 is 17.7 Å². The van der Waals surface area contributed by atoms with Crippen molar-refractivity contribution < 1.29 is 14.3 Å². The summed E-state index contributed by atoms with van der Waals surface area (Å²) in [5.41, 5.74) is 1.49. The van der Waals surface area contributed by atoms with Gasteiger partial charge < -0.3 is 14.8 Å². The first-order valence-electron chi connectivity index (χ1n) is 11.9. The summed E-state index contributed by atoms with van der Waals surface area (Å²) < 4.78 is 11.2. The van der Waals surface area contributed by atoms with E-state index in [1.165, 1.54) is 43.6 Å². The molecule has 2 aliphatic rings. The second kappa shape index (κ2) is 11.0. The van der Waals surface area contributed by atoms with E-state index in [4.69, 9.17) is 9.47 Å². The SMILES string of the molecule is CC(C)(C)CCOCCOCCNC(=O)CC12CCC(CSCC(C)(C)C)(CC1)C2. The number of carbonyl (C=O) groups excluding carboxylic acids is 1. The maximum absolute atomic E-state index is 12.5. The number of carbonyl (C=O) groups is 1. The first-order valence-corrected chi connectivity index (χ1v) is 13.1. The summed E-state index contributed by atoms with van der Waals surface area (Å²) in [5.74, 6) is 2.71. The Morgan fingerprint density at radius 1 is 0.867 bits per heavy atom. The fourth-order valence-corrected chi connectivity index (χ4v) is 6.37. The minimum Gasteiger partial charge on any atom is -0.379 e. The van der Waals surface area contributed by atoms with E-state index in [-0.39, 0.29) is 11.3 Å². The monoisotopic (exact) mass is 441 g/mol. The molecule has 0 aliphatic heterocycles. The van der Waals surface area contributed by atoms with Crippen LogP contribution in [0.4, 0.5) is 0 Å². The number of ether oxygens (including phenoxy) is 2. The van der Waals surface area contributed by atoms with E-state index in [1.807, 2.05) is 0 Å². The van der Waals surface area contributed by atoms with Crippen LogP contribution in [0.1, 0.15) is 86.5 Å². The van der Waals surface area contributed by atoms with Gasteiger partial charge in [-0.3, -0.25) is 4.79 Å². The van der Waals surface area contributed by atoms with Crippen LogP contribution in [0.25, 0.3) is 0 Å². The summed E-state index contributed by atoms with van der Waals surface area (Å²) in [5, 5.41) is 3.07. The van der Waals surface area contributed by atoms with Crippen LogP contribution in [0.5, 0.6) is 0 Å². The predicted octanol–water partition coefficient (Wildman–Crippen LogP) is 5.69. The van der Waals surface area contributed by atoms with Gasteiger partial charge in [-0.15, -0.1) is 0 Å². The summed E-state index contributed by atoms with van der Waals surface area (Å²) in [6, 6.07) is 0. The lowest BCUT2D eigenvalue weighted by Gasteiger charge is -2.28. The number of fused-ring (bicyclic) bond motifs is 2. The Labute approximate surface area is 190 Å². The van der Waals surface area contributed by atoms with E-state index in [2.05, 4.69) is 58.6 Å². The van der Waals surface area contributed by atoms with Crippen LogP contribution in [0.15, 0.2) is 0 Å². The van der Waals surface area contributed by atoms with Gasteiger partial charge in [-0.1, -0.05) is 41.5 Å². The van der Waals surface area contributed by atoms with Crippen LogP contribution < -0.4 is 5.32 Å². The van der Waals surface area contributed by atoms with Crippen molar-refractivity contribution in [1.29, 1.82) is 0 Å². The summed E-state index contributed by atoms with van der Waals surface area (Å²) in [6.07, 6.45) is 8.12. The number of hydrogen-bond donors (Lipinski definition) is 1. The molecule has 0 aromatic carbocycles. The van der Waals surface area contributed by atoms with Crippen molar-refractivity contribution in [3.8, 4) is 0 Å². The van der Waals surface area contributed by atoms with E-state index in [0.717, 1.165) is 13.0 Å². The molecule has 0 saturated heterocycles. The van der Waals surface area contributed by atoms with E-state index >= 15 is 0 Å². The molecule has 2 rings (SSSR count). The Morgan fingerprint density at radius 3 is 2.07 bits per heavy atom. The smallest absolute Gasteiger partial charge is 0.220 e. The van der Waals surface area contributed by atoms with Crippen molar-refractivity contribution in [3.05, 3.63) is 0 Å². The van der Waals surface area contributed by atoms with Gasteiger partial charge in [0.25, 0.3) is 0 Å². The molecule has 2 saturated carbocycles. The summed E-state index contributed by atoms with van der Waals surface area (Å²) in [6.45, 7) is 16.8. The molecule has 2 fully saturated rings. The van der Waals surface area contributed by atoms with Gasteiger partial charge in [0.2, 0.25) is 5.91 Å². The van der Waals surface area contributed by atoms with Gasteiger partial charge in [-0.2, -0.15) is 11.8 Å². The highest BCUT2D eigenvalue weighted by molar-refractivity contribution is 7.99. The second-order valence-corrected chi connectivity index (χ2v) is 13.3.